The van der Waals surface area contributed by atoms with Crippen LogP contribution in [0.5, 0.6) is 0 Å². The van der Waals surface area contributed by atoms with Crippen LogP contribution in [0.1, 0.15) is 0 Å². The number of rotatable bonds is 1. The van der Waals surface area contributed by atoms with E-state index in [1.54, 1.807) is 19.3 Å². The maximum atomic E-state index is 5.76. The van der Waals surface area contributed by atoms with E-state index in [4.69, 9.17) is 24.2 Å². The van der Waals surface area contributed by atoms with Crippen molar-refractivity contribution in [2.75, 3.05) is 12.4 Å². The molecule has 1 aromatic rings. The summed E-state index contributed by atoms with van der Waals surface area (Å²) in [7, 11) is 1.75. The minimum absolute atomic E-state index is 0. The Morgan fingerprint density at radius 3 is 2.73 bits per heavy atom. The third-order valence-electron chi connectivity index (χ3n) is 1.09. The summed E-state index contributed by atoms with van der Waals surface area (Å²) in [5, 5.41) is 3.34. The minimum atomic E-state index is 0. The summed E-state index contributed by atoms with van der Waals surface area (Å²) >= 11 is 10.7. The van der Waals surface area contributed by atoms with Crippen molar-refractivity contribution in [3.63, 3.8) is 0 Å². The van der Waals surface area contributed by atoms with Crippen LogP contribution < -0.4 is 34.9 Å². The Hall–Kier alpha value is 0.460. The van der Waals surface area contributed by atoms with Gasteiger partial charge in [-0.05, 0) is 0 Å². The predicted molar refractivity (Wildman–Crippen MR) is 44.4 cm³/mol. The van der Waals surface area contributed by atoms with Gasteiger partial charge in [0.25, 0.3) is 0 Å². The largest absolute Gasteiger partial charge is 1.00 e. The molecule has 0 spiro atoms. The van der Waals surface area contributed by atoms with Gasteiger partial charge in [-0.2, -0.15) is 4.90 Å². The molecule has 0 aromatic carbocycles. The SMILES string of the molecule is CNc1nccc([S-])c1Cl.[Na+]. The van der Waals surface area contributed by atoms with Crippen LogP contribution in [0.3, 0.4) is 0 Å². The Balaban J connectivity index is 0.000001000. The van der Waals surface area contributed by atoms with Crippen molar-refractivity contribution >= 4 is 30.0 Å². The van der Waals surface area contributed by atoms with Crippen LogP contribution in [0.4, 0.5) is 5.82 Å². The van der Waals surface area contributed by atoms with Crippen LogP contribution in [-0.2, 0) is 12.6 Å². The molecule has 0 bridgehead atoms. The van der Waals surface area contributed by atoms with E-state index in [2.05, 4.69) is 10.3 Å². The zero-order valence-electron chi connectivity index (χ0n) is 6.39. The van der Waals surface area contributed by atoms with Gasteiger partial charge in [-0.1, -0.05) is 17.7 Å². The minimum Gasteiger partial charge on any atom is -0.778 e. The number of pyridine rings is 1. The average Bonchev–Trinajstić information content (AvgIpc) is 1.95. The molecule has 0 atom stereocenters. The van der Waals surface area contributed by atoms with E-state index in [1.165, 1.54) is 0 Å². The van der Waals surface area contributed by atoms with Gasteiger partial charge in [0.1, 0.15) is 5.82 Å². The summed E-state index contributed by atoms with van der Waals surface area (Å²) < 4.78 is 0. The molecule has 0 radical (unpaired) electrons. The first-order valence-electron chi connectivity index (χ1n) is 2.75. The maximum absolute atomic E-state index is 5.76. The summed E-state index contributed by atoms with van der Waals surface area (Å²) in [6, 6.07) is 1.69. The Kier molecular flexibility index (Phi) is 5.38. The number of hydrogen-bond donors (Lipinski definition) is 1. The van der Waals surface area contributed by atoms with Crippen molar-refractivity contribution in [3.8, 4) is 0 Å². The number of nitrogens with one attached hydrogen (secondary N) is 1. The fourth-order valence-electron chi connectivity index (χ4n) is 0.600. The molecule has 0 aliphatic rings. The second-order valence-electron chi connectivity index (χ2n) is 1.72. The van der Waals surface area contributed by atoms with E-state index in [9.17, 15) is 0 Å². The molecule has 0 saturated carbocycles. The van der Waals surface area contributed by atoms with Gasteiger partial charge in [0, 0.05) is 13.2 Å². The van der Waals surface area contributed by atoms with Crippen molar-refractivity contribution in [2.45, 2.75) is 4.90 Å². The molecule has 1 rings (SSSR count). The quantitative estimate of drug-likeness (QED) is 0.446. The topological polar surface area (TPSA) is 24.9 Å². The van der Waals surface area contributed by atoms with Gasteiger partial charge < -0.3 is 17.9 Å². The molecule has 0 aliphatic heterocycles. The van der Waals surface area contributed by atoms with E-state index < -0.39 is 0 Å². The predicted octanol–water partition coefficient (Wildman–Crippen LogP) is -1.31. The zero-order chi connectivity index (χ0) is 7.56. The van der Waals surface area contributed by atoms with Gasteiger partial charge >= 0.3 is 29.6 Å². The van der Waals surface area contributed by atoms with Crippen LogP contribution in [0, 0.1) is 0 Å². The molecule has 0 unspecified atom stereocenters. The molecular formula is C6H6ClN2NaS. The molecule has 11 heavy (non-hydrogen) atoms. The van der Waals surface area contributed by atoms with Crippen molar-refractivity contribution < 1.29 is 29.6 Å². The Labute approximate surface area is 98.4 Å². The van der Waals surface area contributed by atoms with Gasteiger partial charge in [0.15, 0.2) is 0 Å². The second-order valence-corrected chi connectivity index (χ2v) is 2.54. The third kappa shape index (κ3) is 2.76. The fraction of sp³-hybridized carbons (Fsp3) is 0.167. The first kappa shape index (κ1) is 11.5. The molecule has 1 heterocycles. The van der Waals surface area contributed by atoms with Crippen LogP contribution in [0.15, 0.2) is 17.2 Å². The average molecular weight is 197 g/mol. The number of aromatic nitrogens is 1. The molecule has 1 N–H and O–H groups in total. The molecule has 0 aliphatic carbocycles. The van der Waals surface area contributed by atoms with Crippen molar-refractivity contribution in [1.29, 1.82) is 0 Å². The molecular weight excluding hydrogens is 191 g/mol. The summed E-state index contributed by atoms with van der Waals surface area (Å²) in [4.78, 5) is 4.57. The second kappa shape index (κ2) is 5.17. The van der Waals surface area contributed by atoms with Gasteiger partial charge in [0.05, 0.1) is 5.02 Å². The Morgan fingerprint density at radius 1 is 1.64 bits per heavy atom. The molecule has 5 heteroatoms. The maximum Gasteiger partial charge on any atom is 1.00 e. The van der Waals surface area contributed by atoms with Crippen LogP contribution in [-0.4, -0.2) is 12.0 Å². The Morgan fingerprint density at radius 2 is 2.27 bits per heavy atom. The normalized spacial score (nSPS) is 8.55. The summed E-state index contributed by atoms with van der Waals surface area (Å²) in [5.74, 6) is 0.633. The fourth-order valence-corrected chi connectivity index (χ4v) is 0.964. The van der Waals surface area contributed by atoms with Crippen LogP contribution in [0.25, 0.3) is 0 Å². The Bertz CT molecular complexity index is 244. The summed E-state index contributed by atoms with van der Waals surface area (Å²) in [6.07, 6.45) is 1.63. The van der Waals surface area contributed by atoms with Gasteiger partial charge in [-0.25, -0.2) is 4.98 Å². The third-order valence-corrected chi connectivity index (χ3v) is 1.93. The summed E-state index contributed by atoms with van der Waals surface area (Å²) in [5.41, 5.74) is 0. The smallest absolute Gasteiger partial charge is 0.778 e. The molecule has 2 nitrogen and oxygen atoms in total. The van der Waals surface area contributed by atoms with E-state index in [-0.39, 0.29) is 29.6 Å². The first-order valence-corrected chi connectivity index (χ1v) is 3.53. The molecule has 1 aromatic heterocycles. The van der Waals surface area contributed by atoms with Crippen molar-refractivity contribution in [3.05, 3.63) is 17.3 Å². The molecule has 0 saturated heterocycles. The summed E-state index contributed by atoms with van der Waals surface area (Å²) in [6.45, 7) is 0. The van der Waals surface area contributed by atoms with Gasteiger partial charge in [-0.3, -0.25) is 0 Å². The van der Waals surface area contributed by atoms with E-state index in [0.717, 1.165) is 0 Å². The zero-order valence-corrected chi connectivity index (χ0v) is 9.96. The van der Waals surface area contributed by atoms with Gasteiger partial charge in [-0.15, -0.1) is 0 Å². The first-order chi connectivity index (χ1) is 4.75. The number of halogens is 1. The molecule has 0 fully saturated rings. The van der Waals surface area contributed by atoms with E-state index >= 15 is 0 Å². The number of nitrogens with zero attached hydrogens (tertiary/aromatic N) is 1. The standard InChI is InChI=1S/C6H7ClN2S.Na/c1-8-6-5(7)4(10)2-3-9-6;/h2-3H,1H3,(H2,8,9,10);/q;+1/p-1. The van der Waals surface area contributed by atoms with Crippen molar-refractivity contribution in [1.82, 2.24) is 4.98 Å². The molecule has 0 amide bonds. The monoisotopic (exact) mass is 196 g/mol. The van der Waals surface area contributed by atoms with E-state index in [1.807, 2.05) is 0 Å². The van der Waals surface area contributed by atoms with Crippen LogP contribution >= 0.6 is 11.6 Å². The number of anilines is 1. The van der Waals surface area contributed by atoms with Crippen molar-refractivity contribution in [2.24, 2.45) is 0 Å². The number of hydrogen-bond acceptors (Lipinski definition) is 3. The van der Waals surface area contributed by atoms with E-state index in [0.29, 0.717) is 15.7 Å². The van der Waals surface area contributed by atoms with Gasteiger partial charge in [0.2, 0.25) is 0 Å². The van der Waals surface area contributed by atoms with Crippen LogP contribution in [0.2, 0.25) is 5.02 Å². The molecule has 54 valence electrons.